The molecule has 0 fully saturated rings. The second-order valence-electron chi connectivity index (χ2n) is 4.20. The molecule has 1 aromatic rings. The van der Waals surface area contributed by atoms with Crippen LogP contribution in [0.2, 0.25) is 0 Å². The average molecular weight is 233 g/mol. The maximum Gasteiger partial charge on any atom is 0.220 e. The fourth-order valence-electron chi connectivity index (χ4n) is 1.68. The zero-order valence-corrected chi connectivity index (χ0v) is 10.7. The van der Waals surface area contributed by atoms with Crippen molar-refractivity contribution in [3.05, 3.63) is 34.9 Å². The van der Waals surface area contributed by atoms with Crippen molar-refractivity contribution in [3.63, 3.8) is 0 Å². The molecule has 17 heavy (non-hydrogen) atoms. The van der Waals surface area contributed by atoms with Crippen molar-refractivity contribution in [2.45, 2.75) is 33.6 Å². The maximum atomic E-state index is 11.9. The van der Waals surface area contributed by atoms with Crippen molar-refractivity contribution in [1.82, 2.24) is 5.32 Å². The number of carbonyl (C=O) groups excluding carboxylic acids is 2. The molecule has 1 N–H and O–H groups in total. The van der Waals surface area contributed by atoms with Gasteiger partial charge in [-0.15, -0.1) is 0 Å². The van der Waals surface area contributed by atoms with Gasteiger partial charge in [-0.1, -0.05) is 17.7 Å². The number of nitrogens with one attached hydrogen (secondary N) is 1. The fraction of sp³-hybridized carbons (Fsp3) is 0.429. The third kappa shape index (κ3) is 4.02. The molecule has 0 aliphatic carbocycles. The molecule has 1 aromatic carbocycles. The molecule has 3 heteroatoms. The van der Waals surface area contributed by atoms with Gasteiger partial charge in [0.2, 0.25) is 5.91 Å². The lowest BCUT2D eigenvalue weighted by Crippen LogP contribution is -2.23. The predicted octanol–water partition coefficient (Wildman–Crippen LogP) is 2.40. The first-order valence-electron chi connectivity index (χ1n) is 5.91. The van der Waals surface area contributed by atoms with Crippen molar-refractivity contribution in [2.24, 2.45) is 0 Å². The zero-order valence-electron chi connectivity index (χ0n) is 10.7. The van der Waals surface area contributed by atoms with Crippen LogP contribution < -0.4 is 5.32 Å². The fourth-order valence-corrected chi connectivity index (χ4v) is 1.68. The summed E-state index contributed by atoms with van der Waals surface area (Å²) in [4.78, 5) is 23.2. The molecule has 0 aliphatic heterocycles. The number of aryl methyl sites for hydroxylation is 2. The number of Topliss-reactive ketones (excluding diaryl/α,β-unsaturated/α-hetero) is 1. The van der Waals surface area contributed by atoms with Crippen LogP contribution in [0.1, 0.15) is 41.3 Å². The Balaban J connectivity index is 2.64. The molecule has 0 saturated carbocycles. The van der Waals surface area contributed by atoms with Crippen LogP contribution in [-0.2, 0) is 4.79 Å². The molecule has 0 unspecified atom stereocenters. The first-order valence-corrected chi connectivity index (χ1v) is 5.91. The molecule has 0 atom stereocenters. The van der Waals surface area contributed by atoms with Gasteiger partial charge in [-0.3, -0.25) is 9.59 Å². The first-order chi connectivity index (χ1) is 8.04. The quantitative estimate of drug-likeness (QED) is 0.794. The van der Waals surface area contributed by atoms with E-state index < -0.39 is 0 Å². The number of hydrogen-bond donors (Lipinski definition) is 1. The van der Waals surface area contributed by atoms with Gasteiger partial charge in [-0.2, -0.15) is 0 Å². The van der Waals surface area contributed by atoms with E-state index in [1.807, 2.05) is 39.0 Å². The van der Waals surface area contributed by atoms with Crippen molar-refractivity contribution in [3.8, 4) is 0 Å². The lowest BCUT2D eigenvalue weighted by atomic mass is 9.99. The Hall–Kier alpha value is -1.64. The Morgan fingerprint density at radius 2 is 1.88 bits per heavy atom. The zero-order chi connectivity index (χ0) is 12.8. The average Bonchev–Trinajstić information content (AvgIpc) is 2.29. The van der Waals surface area contributed by atoms with Crippen LogP contribution in [-0.4, -0.2) is 18.2 Å². The number of amides is 1. The highest BCUT2D eigenvalue weighted by atomic mass is 16.2. The monoisotopic (exact) mass is 233 g/mol. The Kier molecular flexibility index (Phi) is 4.88. The minimum absolute atomic E-state index is 0.0393. The highest BCUT2D eigenvalue weighted by Gasteiger charge is 2.11. The molecular weight excluding hydrogens is 214 g/mol. The van der Waals surface area contributed by atoms with Crippen LogP contribution in [0.4, 0.5) is 0 Å². The van der Waals surface area contributed by atoms with Gasteiger partial charge in [-0.25, -0.2) is 0 Å². The lowest BCUT2D eigenvalue weighted by Gasteiger charge is -2.06. The first kappa shape index (κ1) is 13.4. The highest BCUT2D eigenvalue weighted by Crippen LogP contribution is 2.13. The molecule has 0 spiro atoms. The normalized spacial score (nSPS) is 10.1. The summed E-state index contributed by atoms with van der Waals surface area (Å²) in [6.07, 6.45) is 0.538. The van der Waals surface area contributed by atoms with Gasteiger partial charge in [0.15, 0.2) is 5.78 Å². The molecule has 0 aromatic heterocycles. The third-order valence-electron chi connectivity index (χ3n) is 2.65. The topological polar surface area (TPSA) is 46.2 Å². The molecule has 0 aliphatic rings. The Bertz CT molecular complexity index is 424. The number of benzene rings is 1. The van der Waals surface area contributed by atoms with Crippen LogP contribution in [0.5, 0.6) is 0 Å². The van der Waals surface area contributed by atoms with Crippen LogP contribution in [0, 0.1) is 13.8 Å². The van der Waals surface area contributed by atoms with Gasteiger partial charge in [-0.05, 0) is 32.4 Å². The van der Waals surface area contributed by atoms with Gasteiger partial charge < -0.3 is 5.32 Å². The van der Waals surface area contributed by atoms with E-state index in [1.54, 1.807) is 0 Å². The summed E-state index contributed by atoms with van der Waals surface area (Å²) < 4.78 is 0. The van der Waals surface area contributed by atoms with E-state index in [4.69, 9.17) is 0 Å². The number of hydrogen-bond acceptors (Lipinski definition) is 2. The number of carbonyl (C=O) groups is 2. The van der Waals surface area contributed by atoms with Crippen LogP contribution in [0.15, 0.2) is 18.2 Å². The number of rotatable bonds is 5. The molecule has 3 nitrogen and oxygen atoms in total. The SMILES string of the molecule is CCNC(=O)CCC(=O)c1cc(C)ccc1C. The van der Waals surface area contributed by atoms with E-state index in [1.165, 1.54) is 0 Å². The van der Waals surface area contributed by atoms with Crippen LogP contribution >= 0.6 is 0 Å². The molecule has 0 saturated heterocycles. The summed E-state index contributed by atoms with van der Waals surface area (Å²) in [6.45, 7) is 6.35. The number of ketones is 1. The highest BCUT2D eigenvalue weighted by molar-refractivity contribution is 5.99. The second-order valence-corrected chi connectivity index (χ2v) is 4.20. The van der Waals surface area contributed by atoms with Gasteiger partial charge in [0.25, 0.3) is 0 Å². The molecule has 1 rings (SSSR count). The maximum absolute atomic E-state index is 11.9. The summed E-state index contributed by atoms with van der Waals surface area (Å²) in [5.74, 6) is -0.0244. The van der Waals surface area contributed by atoms with E-state index in [-0.39, 0.29) is 24.5 Å². The molecule has 92 valence electrons. The van der Waals surface area contributed by atoms with Gasteiger partial charge >= 0.3 is 0 Å². The molecule has 1 amide bonds. The smallest absolute Gasteiger partial charge is 0.220 e. The summed E-state index contributed by atoms with van der Waals surface area (Å²) in [6, 6.07) is 5.81. The van der Waals surface area contributed by atoms with Crippen LogP contribution in [0.25, 0.3) is 0 Å². The largest absolute Gasteiger partial charge is 0.356 e. The van der Waals surface area contributed by atoms with Gasteiger partial charge in [0.05, 0.1) is 0 Å². The standard InChI is InChI=1S/C14H19NO2/c1-4-15-14(17)8-7-13(16)12-9-10(2)5-6-11(12)3/h5-6,9H,4,7-8H2,1-3H3,(H,15,17). The minimum Gasteiger partial charge on any atom is -0.356 e. The summed E-state index contributed by atoms with van der Waals surface area (Å²) in [5.41, 5.74) is 2.77. The van der Waals surface area contributed by atoms with E-state index in [0.717, 1.165) is 16.7 Å². The Morgan fingerprint density at radius 1 is 1.18 bits per heavy atom. The minimum atomic E-state index is -0.0637. The van der Waals surface area contributed by atoms with E-state index in [0.29, 0.717) is 6.54 Å². The molecule has 0 bridgehead atoms. The predicted molar refractivity (Wildman–Crippen MR) is 68.2 cm³/mol. The van der Waals surface area contributed by atoms with Crippen molar-refractivity contribution < 1.29 is 9.59 Å². The van der Waals surface area contributed by atoms with Crippen molar-refractivity contribution in [2.75, 3.05) is 6.54 Å². The van der Waals surface area contributed by atoms with Gasteiger partial charge in [0, 0.05) is 24.9 Å². The van der Waals surface area contributed by atoms with Crippen LogP contribution in [0.3, 0.4) is 0 Å². The molecular formula is C14H19NO2. The molecule has 0 radical (unpaired) electrons. The summed E-state index contributed by atoms with van der Waals surface area (Å²) in [7, 11) is 0. The van der Waals surface area contributed by atoms with E-state index in [9.17, 15) is 9.59 Å². The second kappa shape index (κ2) is 6.18. The van der Waals surface area contributed by atoms with E-state index in [2.05, 4.69) is 5.32 Å². The Labute approximate surface area is 102 Å². The van der Waals surface area contributed by atoms with Crippen molar-refractivity contribution >= 4 is 11.7 Å². The molecule has 0 heterocycles. The third-order valence-corrected chi connectivity index (χ3v) is 2.65. The summed E-state index contributed by atoms with van der Waals surface area (Å²) in [5, 5.41) is 2.69. The Morgan fingerprint density at radius 3 is 2.53 bits per heavy atom. The van der Waals surface area contributed by atoms with Crippen molar-refractivity contribution in [1.29, 1.82) is 0 Å². The van der Waals surface area contributed by atoms with Gasteiger partial charge in [0.1, 0.15) is 0 Å². The lowest BCUT2D eigenvalue weighted by molar-refractivity contribution is -0.120. The summed E-state index contributed by atoms with van der Waals surface area (Å²) >= 11 is 0. The van der Waals surface area contributed by atoms with E-state index >= 15 is 0 Å².